The van der Waals surface area contributed by atoms with Gasteiger partial charge in [0.05, 0.1) is 18.7 Å². The molecule has 2 atom stereocenters. The number of carbonyl (C=O) groups excluding carboxylic acids is 2. The summed E-state index contributed by atoms with van der Waals surface area (Å²) in [5, 5.41) is 11.1. The molecule has 0 fully saturated rings. The molecule has 0 saturated heterocycles. The summed E-state index contributed by atoms with van der Waals surface area (Å²) in [6, 6.07) is 6.37. The first kappa shape index (κ1) is 15.6. The van der Waals surface area contributed by atoms with Gasteiger partial charge in [0.15, 0.2) is 0 Å². The van der Waals surface area contributed by atoms with Gasteiger partial charge in [-0.15, -0.1) is 0 Å². The molecular weight excluding hydrogens is 263 g/mol. The minimum absolute atomic E-state index is 0.0668. The molecular formula is C14H15FN2O3. The van der Waals surface area contributed by atoms with Crippen molar-refractivity contribution in [2.24, 2.45) is 5.92 Å². The highest BCUT2D eigenvalue weighted by Gasteiger charge is 2.28. The Labute approximate surface area is 116 Å². The number of esters is 1. The largest absolute Gasteiger partial charge is 0.467 e. The maximum Gasteiger partial charge on any atom is 0.328 e. The van der Waals surface area contributed by atoms with Crippen LogP contribution in [0, 0.1) is 23.1 Å². The van der Waals surface area contributed by atoms with Gasteiger partial charge in [-0.25, -0.2) is 9.18 Å². The van der Waals surface area contributed by atoms with Crippen molar-refractivity contribution in [1.29, 1.82) is 5.26 Å². The number of halogens is 1. The van der Waals surface area contributed by atoms with Crippen LogP contribution in [0.15, 0.2) is 24.3 Å². The molecule has 1 aromatic rings. The molecule has 5 nitrogen and oxygen atoms in total. The summed E-state index contributed by atoms with van der Waals surface area (Å²) in [4.78, 5) is 23.6. The second-order valence-electron chi connectivity index (χ2n) is 4.29. The van der Waals surface area contributed by atoms with Crippen molar-refractivity contribution in [2.75, 3.05) is 7.11 Å². The maximum absolute atomic E-state index is 13.5. The van der Waals surface area contributed by atoms with Crippen LogP contribution in [0.4, 0.5) is 4.39 Å². The Hall–Kier alpha value is -2.42. The Kier molecular flexibility index (Phi) is 5.66. The second kappa shape index (κ2) is 7.24. The van der Waals surface area contributed by atoms with Crippen LogP contribution in [0.2, 0.25) is 0 Å². The van der Waals surface area contributed by atoms with E-state index in [1.807, 2.05) is 6.07 Å². The van der Waals surface area contributed by atoms with Crippen molar-refractivity contribution in [1.82, 2.24) is 5.32 Å². The van der Waals surface area contributed by atoms with Gasteiger partial charge in [-0.1, -0.05) is 19.1 Å². The van der Waals surface area contributed by atoms with E-state index in [1.54, 1.807) is 6.92 Å². The number of methoxy groups -OCH3 is 1. The Morgan fingerprint density at radius 2 is 2.10 bits per heavy atom. The fourth-order valence-electron chi connectivity index (χ4n) is 1.69. The zero-order valence-corrected chi connectivity index (χ0v) is 11.2. The molecule has 0 unspecified atom stereocenters. The summed E-state index contributed by atoms with van der Waals surface area (Å²) in [5.41, 5.74) is -0.162. The third-order valence-corrected chi connectivity index (χ3v) is 2.84. The van der Waals surface area contributed by atoms with Crippen LogP contribution in [-0.4, -0.2) is 25.0 Å². The van der Waals surface area contributed by atoms with Crippen LogP contribution >= 0.6 is 0 Å². The molecule has 0 spiro atoms. The molecule has 6 heteroatoms. The molecule has 1 amide bonds. The third kappa shape index (κ3) is 3.79. The lowest BCUT2D eigenvalue weighted by Crippen LogP contribution is -2.46. The van der Waals surface area contributed by atoms with Crippen molar-refractivity contribution < 1.29 is 18.7 Å². The van der Waals surface area contributed by atoms with Crippen molar-refractivity contribution in [2.45, 2.75) is 19.4 Å². The van der Waals surface area contributed by atoms with Gasteiger partial charge in [0.25, 0.3) is 5.91 Å². The summed E-state index contributed by atoms with van der Waals surface area (Å²) in [6.07, 6.45) is 0.0668. The van der Waals surface area contributed by atoms with E-state index in [0.717, 1.165) is 6.07 Å². The zero-order valence-electron chi connectivity index (χ0n) is 11.2. The van der Waals surface area contributed by atoms with Gasteiger partial charge in [-0.05, 0) is 12.1 Å². The first-order valence-corrected chi connectivity index (χ1v) is 6.01. The number of carbonyl (C=O) groups is 2. The first-order valence-electron chi connectivity index (χ1n) is 6.01. The monoisotopic (exact) mass is 278 g/mol. The molecule has 0 aromatic heterocycles. The lowest BCUT2D eigenvalue weighted by atomic mass is 9.98. The zero-order chi connectivity index (χ0) is 15.1. The predicted octanol–water partition coefficient (Wildman–Crippen LogP) is 1.65. The van der Waals surface area contributed by atoms with Crippen LogP contribution < -0.4 is 5.32 Å². The Balaban J connectivity index is 2.90. The van der Waals surface area contributed by atoms with E-state index in [4.69, 9.17) is 5.26 Å². The molecule has 0 aliphatic rings. The molecule has 20 heavy (non-hydrogen) atoms. The molecule has 0 aliphatic carbocycles. The van der Waals surface area contributed by atoms with Gasteiger partial charge < -0.3 is 10.1 Å². The lowest BCUT2D eigenvalue weighted by molar-refractivity contribution is -0.144. The summed E-state index contributed by atoms with van der Waals surface area (Å²) in [5.74, 6) is -2.51. The summed E-state index contributed by atoms with van der Waals surface area (Å²) >= 11 is 0. The van der Waals surface area contributed by atoms with E-state index in [2.05, 4.69) is 10.1 Å². The van der Waals surface area contributed by atoms with E-state index in [9.17, 15) is 14.0 Å². The quantitative estimate of drug-likeness (QED) is 0.830. The van der Waals surface area contributed by atoms with Gasteiger partial charge in [0.2, 0.25) is 0 Å². The SMILES string of the molecule is COC(=O)[C@@H](NC(=O)c1ccccc1F)[C@@H](C)CC#N. The van der Waals surface area contributed by atoms with E-state index in [0.29, 0.717) is 0 Å². The van der Waals surface area contributed by atoms with E-state index < -0.39 is 29.7 Å². The van der Waals surface area contributed by atoms with Crippen molar-refractivity contribution >= 4 is 11.9 Å². The number of hydrogen-bond acceptors (Lipinski definition) is 4. The highest BCUT2D eigenvalue weighted by atomic mass is 19.1. The number of nitriles is 1. The molecule has 106 valence electrons. The van der Waals surface area contributed by atoms with Gasteiger partial charge in [0, 0.05) is 12.3 Å². The van der Waals surface area contributed by atoms with Gasteiger partial charge in [-0.3, -0.25) is 4.79 Å². The number of amides is 1. The molecule has 0 radical (unpaired) electrons. The highest BCUT2D eigenvalue weighted by Crippen LogP contribution is 2.12. The Morgan fingerprint density at radius 1 is 1.45 bits per heavy atom. The number of nitrogens with one attached hydrogen (secondary N) is 1. The van der Waals surface area contributed by atoms with E-state index in [-0.39, 0.29) is 12.0 Å². The fourth-order valence-corrected chi connectivity index (χ4v) is 1.69. The summed E-state index contributed by atoms with van der Waals surface area (Å²) in [7, 11) is 1.18. The lowest BCUT2D eigenvalue weighted by Gasteiger charge is -2.21. The average Bonchev–Trinajstić information content (AvgIpc) is 2.44. The Morgan fingerprint density at radius 3 is 2.65 bits per heavy atom. The van der Waals surface area contributed by atoms with E-state index >= 15 is 0 Å². The third-order valence-electron chi connectivity index (χ3n) is 2.84. The number of nitrogens with zero attached hydrogens (tertiary/aromatic N) is 1. The van der Waals surface area contributed by atoms with Crippen LogP contribution in [0.3, 0.4) is 0 Å². The van der Waals surface area contributed by atoms with Gasteiger partial charge in [0.1, 0.15) is 11.9 Å². The van der Waals surface area contributed by atoms with Gasteiger partial charge >= 0.3 is 5.97 Å². The number of ether oxygens (including phenoxy) is 1. The van der Waals surface area contributed by atoms with Crippen molar-refractivity contribution in [3.63, 3.8) is 0 Å². The molecule has 0 aliphatic heterocycles. The van der Waals surface area contributed by atoms with Crippen LogP contribution in [0.5, 0.6) is 0 Å². The second-order valence-corrected chi connectivity index (χ2v) is 4.29. The van der Waals surface area contributed by atoms with Crippen LogP contribution in [-0.2, 0) is 9.53 Å². The normalized spacial score (nSPS) is 12.9. The number of benzene rings is 1. The molecule has 0 saturated carbocycles. The predicted molar refractivity (Wildman–Crippen MR) is 69.1 cm³/mol. The maximum atomic E-state index is 13.5. The number of hydrogen-bond donors (Lipinski definition) is 1. The molecule has 1 rings (SSSR count). The molecule has 1 aromatic carbocycles. The smallest absolute Gasteiger partial charge is 0.328 e. The molecule has 1 N–H and O–H groups in total. The fraction of sp³-hybridized carbons (Fsp3) is 0.357. The average molecular weight is 278 g/mol. The minimum Gasteiger partial charge on any atom is -0.467 e. The van der Waals surface area contributed by atoms with Crippen LogP contribution in [0.25, 0.3) is 0 Å². The van der Waals surface area contributed by atoms with Crippen molar-refractivity contribution in [3.8, 4) is 6.07 Å². The first-order chi connectivity index (χ1) is 9.51. The van der Waals surface area contributed by atoms with E-state index in [1.165, 1.54) is 25.3 Å². The van der Waals surface area contributed by atoms with Crippen LogP contribution in [0.1, 0.15) is 23.7 Å². The van der Waals surface area contributed by atoms with Crippen molar-refractivity contribution in [3.05, 3.63) is 35.6 Å². The highest BCUT2D eigenvalue weighted by molar-refractivity contribution is 5.97. The molecule has 0 heterocycles. The standard InChI is InChI=1S/C14H15FN2O3/c1-9(7-8-16)12(14(19)20-2)17-13(18)10-5-3-4-6-11(10)15/h3-6,9,12H,7H2,1-2H3,(H,17,18)/t9-,12-/m0/s1. The minimum atomic E-state index is -0.994. The molecule has 0 bridgehead atoms. The summed E-state index contributed by atoms with van der Waals surface area (Å²) in [6.45, 7) is 1.63. The Bertz CT molecular complexity index is 539. The topological polar surface area (TPSA) is 79.2 Å². The van der Waals surface area contributed by atoms with Gasteiger partial charge in [-0.2, -0.15) is 5.26 Å². The summed E-state index contributed by atoms with van der Waals surface area (Å²) < 4.78 is 18.1. The number of rotatable bonds is 5.